The summed E-state index contributed by atoms with van der Waals surface area (Å²) in [4.78, 5) is 17.9. The van der Waals surface area contributed by atoms with Crippen LogP contribution in [0.2, 0.25) is 0 Å². The lowest BCUT2D eigenvalue weighted by atomic mass is 10.1. The molecule has 0 saturated carbocycles. The lowest BCUT2D eigenvalue weighted by Crippen LogP contribution is -2.51. The molecule has 6 heteroatoms. The zero-order valence-electron chi connectivity index (χ0n) is 11.3. The van der Waals surface area contributed by atoms with Crippen LogP contribution in [0.4, 0.5) is 0 Å². The Morgan fingerprint density at radius 1 is 1.42 bits per heavy atom. The van der Waals surface area contributed by atoms with Gasteiger partial charge >= 0.3 is 0 Å². The van der Waals surface area contributed by atoms with Gasteiger partial charge in [0.15, 0.2) is 0 Å². The number of hydrogen-bond acceptors (Lipinski definition) is 5. The number of thiol groups is 1. The van der Waals surface area contributed by atoms with E-state index in [1.807, 2.05) is 30.2 Å². The molecule has 0 unspecified atom stereocenters. The minimum Gasteiger partial charge on any atom is -0.389 e. The predicted octanol–water partition coefficient (Wildman–Crippen LogP) is 1.57. The Balaban J connectivity index is 1.88. The van der Waals surface area contributed by atoms with Crippen molar-refractivity contribution >= 4 is 29.9 Å². The van der Waals surface area contributed by atoms with Crippen molar-refractivity contribution in [3.63, 3.8) is 0 Å². The second-order valence-corrected chi connectivity index (χ2v) is 6.98. The summed E-state index contributed by atoms with van der Waals surface area (Å²) in [5.74, 6) is 0.0909. The van der Waals surface area contributed by atoms with Gasteiger partial charge in [0.25, 0.3) is 5.91 Å². The molecular weight excluding hydrogens is 280 g/mol. The number of carbonyl (C=O) groups excluding carboxylic acids is 1. The number of amides is 1. The third-order valence-electron chi connectivity index (χ3n) is 3.07. The fourth-order valence-electron chi connectivity index (χ4n) is 2.25. The molecule has 1 fully saturated rings. The summed E-state index contributed by atoms with van der Waals surface area (Å²) < 4.78 is 0. The van der Waals surface area contributed by atoms with Crippen molar-refractivity contribution in [2.45, 2.75) is 24.3 Å². The lowest BCUT2D eigenvalue weighted by molar-refractivity contribution is 0.0179. The summed E-state index contributed by atoms with van der Waals surface area (Å²) >= 11 is 5.67. The van der Waals surface area contributed by atoms with E-state index in [4.69, 9.17) is 0 Å². The van der Waals surface area contributed by atoms with Crippen LogP contribution in [0.5, 0.6) is 0 Å². The van der Waals surface area contributed by atoms with E-state index < -0.39 is 5.60 Å². The number of piperazine rings is 1. The van der Waals surface area contributed by atoms with Crippen LogP contribution in [-0.4, -0.2) is 59.1 Å². The van der Waals surface area contributed by atoms with Gasteiger partial charge in [0, 0.05) is 43.0 Å². The summed E-state index contributed by atoms with van der Waals surface area (Å²) in [6, 6.07) is 1.82. The van der Waals surface area contributed by atoms with Crippen LogP contribution in [0.1, 0.15) is 23.5 Å². The molecule has 1 aromatic rings. The number of rotatable bonds is 3. The van der Waals surface area contributed by atoms with Gasteiger partial charge in [-0.05, 0) is 19.9 Å². The monoisotopic (exact) mass is 300 g/mol. The first kappa shape index (κ1) is 14.8. The maximum atomic E-state index is 12.2. The standard InChI is InChI=1S/C13H20N2O2S2/c1-13(2,17)9-14-3-5-15(6-4-14)12(16)11-7-10(18)8-19-11/h7-8,17-18H,3-6,9H2,1-2H3. The van der Waals surface area contributed by atoms with E-state index in [-0.39, 0.29) is 5.91 Å². The normalized spacial score (nSPS) is 17.8. The highest BCUT2D eigenvalue weighted by Gasteiger charge is 2.25. The van der Waals surface area contributed by atoms with Crippen molar-refractivity contribution < 1.29 is 9.90 Å². The van der Waals surface area contributed by atoms with Crippen LogP contribution in [0, 0.1) is 0 Å². The first-order valence-corrected chi connectivity index (χ1v) is 7.69. The zero-order valence-corrected chi connectivity index (χ0v) is 13.0. The van der Waals surface area contributed by atoms with Crippen LogP contribution in [-0.2, 0) is 0 Å². The van der Waals surface area contributed by atoms with E-state index in [2.05, 4.69) is 17.5 Å². The Hall–Kier alpha value is -0.560. The Kier molecular flexibility index (Phi) is 4.55. The minimum absolute atomic E-state index is 0.0909. The molecule has 1 saturated heterocycles. The first-order valence-electron chi connectivity index (χ1n) is 6.37. The molecule has 1 amide bonds. The fourth-order valence-corrected chi connectivity index (χ4v) is 3.37. The molecule has 1 N–H and O–H groups in total. The Morgan fingerprint density at radius 2 is 2.05 bits per heavy atom. The van der Waals surface area contributed by atoms with Gasteiger partial charge in [-0.2, -0.15) is 0 Å². The molecule has 4 nitrogen and oxygen atoms in total. The van der Waals surface area contributed by atoms with Gasteiger partial charge in [0.05, 0.1) is 10.5 Å². The van der Waals surface area contributed by atoms with E-state index >= 15 is 0 Å². The number of carbonyl (C=O) groups is 1. The van der Waals surface area contributed by atoms with Crippen molar-refractivity contribution in [1.82, 2.24) is 9.80 Å². The molecule has 0 radical (unpaired) electrons. The van der Waals surface area contributed by atoms with Crippen molar-refractivity contribution in [1.29, 1.82) is 0 Å². The topological polar surface area (TPSA) is 43.8 Å². The van der Waals surface area contributed by atoms with E-state index in [9.17, 15) is 9.90 Å². The fraction of sp³-hybridized carbons (Fsp3) is 0.615. The summed E-state index contributed by atoms with van der Waals surface area (Å²) in [6.45, 7) is 7.33. The molecular formula is C13H20N2O2S2. The summed E-state index contributed by atoms with van der Waals surface area (Å²) in [7, 11) is 0. The molecule has 1 aliphatic rings. The van der Waals surface area contributed by atoms with E-state index in [0.717, 1.165) is 22.9 Å². The average Bonchev–Trinajstić information content (AvgIpc) is 2.74. The quantitative estimate of drug-likeness (QED) is 0.833. The van der Waals surface area contributed by atoms with Crippen LogP contribution in [0.25, 0.3) is 0 Å². The average molecular weight is 300 g/mol. The molecule has 0 atom stereocenters. The third-order valence-corrected chi connectivity index (χ3v) is 4.42. The maximum Gasteiger partial charge on any atom is 0.264 e. The smallest absolute Gasteiger partial charge is 0.264 e. The minimum atomic E-state index is -0.680. The highest BCUT2D eigenvalue weighted by molar-refractivity contribution is 7.80. The van der Waals surface area contributed by atoms with E-state index in [0.29, 0.717) is 19.6 Å². The molecule has 0 bridgehead atoms. The maximum absolute atomic E-state index is 12.2. The molecule has 0 aliphatic carbocycles. The summed E-state index contributed by atoms with van der Waals surface area (Å²) in [5.41, 5.74) is -0.680. The van der Waals surface area contributed by atoms with Crippen LogP contribution >= 0.6 is 24.0 Å². The van der Waals surface area contributed by atoms with E-state index in [1.54, 1.807) is 0 Å². The highest BCUT2D eigenvalue weighted by atomic mass is 32.1. The van der Waals surface area contributed by atoms with Crippen LogP contribution < -0.4 is 0 Å². The van der Waals surface area contributed by atoms with Gasteiger partial charge in [-0.1, -0.05) is 0 Å². The molecule has 0 aromatic carbocycles. The van der Waals surface area contributed by atoms with Gasteiger partial charge in [-0.3, -0.25) is 9.69 Å². The first-order chi connectivity index (χ1) is 8.85. The van der Waals surface area contributed by atoms with Crippen molar-refractivity contribution in [3.05, 3.63) is 16.3 Å². The van der Waals surface area contributed by atoms with Crippen molar-refractivity contribution in [2.75, 3.05) is 32.7 Å². The van der Waals surface area contributed by atoms with Gasteiger partial charge < -0.3 is 10.0 Å². The second-order valence-electron chi connectivity index (χ2n) is 5.55. The molecule has 2 rings (SSSR count). The predicted molar refractivity (Wildman–Crippen MR) is 80.2 cm³/mol. The highest BCUT2D eigenvalue weighted by Crippen LogP contribution is 2.20. The molecule has 0 spiro atoms. The van der Waals surface area contributed by atoms with Gasteiger partial charge in [-0.25, -0.2) is 0 Å². The molecule has 19 heavy (non-hydrogen) atoms. The number of hydrogen-bond donors (Lipinski definition) is 2. The Morgan fingerprint density at radius 3 is 2.53 bits per heavy atom. The molecule has 1 aliphatic heterocycles. The number of thiophene rings is 1. The van der Waals surface area contributed by atoms with Gasteiger partial charge in [-0.15, -0.1) is 24.0 Å². The molecule has 2 heterocycles. The summed E-state index contributed by atoms with van der Waals surface area (Å²) in [6.07, 6.45) is 0. The molecule has 106 valence electrons. The number of aliphatic hydroxyl groups is 1. The largest absolute Gasteiger partial charge is 0.389 e. The van der Waals surface area contributed by atoms with Gasteiger partial charge in [0.1, 0.15) is 0 Å². The summed E-state index contributed by atoms with van der Waals surface area (Å²) in [5, 5.41) is 11.7. The third kappa shape index (κ3) is 4.21. The molecule has 1 aromatic heterocycles. The van der Waals surface area contributed by atoms with E-state index in [1.165, 1.54) is 11.3 Å². The van der Waals surface area contributed by atoms with Crippen LogP contribution in [0.3, 0.4) is 0 Å². The number of nitrogens with zero attached hydrogens (tertiary/aromatic N) is 2. The van der Waals surface area contributed by atoms with Crippen molar-refractivity contribution in [2.24, 2.45) is 0 Å². The van der Waals surface area contributed by atoms with Crippen molar-refractivity contribution in [3.8, 4) is 0 Å². The van der Waals surface area contributed by atoms with Crippen LogP contribution in [0.15, 0.2) is 16.3 Å². The van der Waals surface area contributed by atoms with Gasteiger partial charge in [0.2, 0.25) is 0 Å². The Bertz CT molecular complexity index is 446. The Labute approximate surface area is 123 Å². The zero-order chi connectivity index (χ0) is 14.0. The number of β-amino-alcohol motifs (C(OH)–C–C–N with tert-alkyl or cyclic N) is 1. The lowest BCUT2D eigenvalue weighted by Gasteiger charge is -2.37. The second kappa shape index (κ2) is 5.83. The SMILES string of the molecule is CC(C)(O)CN1CCN(C(=O)c2cc(S)cs2)CC1.